The van der Waals surface area contributed by atoms with Gasteiger partial charge >= 0.3 is 0 Å². The molecule has 1 aliphatic rings. The van der Waals surface area contributed by atoms with E-state index in [2.05, 4.69) is 195 Å². The molecule has 8 aromatic carbocycles. The number of fused-ring (bicyclic) bond motifs is 10. The predicted octanol–water partition coefficient (Wildman–Crippen LogP) is 15.8. The number of aromatic nitrogens is 5. The molecule has 0 saturated carbocycles. The summed E-state index contributed by atoms with van der Waals surface area (Å²) in [6, 6.07) is 63.8. The molecule has 5 nitrogen and oxygen atoms in total. The van der Waals surface area contributed by atoms with Gasteiger partial charge < -0.3 is 4.57 Å². The van der Waals surface area contributed by atoms with E-state index in [4.69, 9.17) is 15.0 Å². The first-order chi connectivity index (χ1) is 31.7. The molecule has 4 aromatic heterocycles. The smallest absolute Gasteiger partial charge is 0.238 e. The first-order valence-electron chi connectivity index (χ1n) is 22.6. The molecule has 13 rings (SSSR count). The number of rotatable bonds is 5. The van der Waals surface area contributed by atoms with E-state index in [0.29, 0.717) is 17.6 Å². The van der Waals surface area contributed by atoms with E-state index in [1.165, 1.54) is 59.4 Å². The Morgan fingerprint density at radius 2 is 0.954 bits per heavy atom. The number of hydrogen-bond donors (Lipinski definition) is 0. The van der Waals surface area contributed by atoms with Gasteiger partial charge in [0.2, 0.25) is 5.95 Å². The van der Waals surface area contributed by atoms with Gasteiger partial charge in [-0.05, 0) is 107 Å². The van der Waals surface area contributed by atoms with Crippen LogP contribution in [-0.2, 0) is 10.8 Å². The molecule has 0 N–H and O–H groups in total. The van der Waals surface area contributed by atoms with Gasteiger partial charge in [0, 0.05) is 58.5 Å². The van der Waals surface area contributed by atoms with Gasteiger partial charge in [0.05, 0.1) is 22.1 Å². The van der Waals surface area contributed by atoms with Crippen LogP contribution in [-0.4, -0.2) is 24.1 Å². The van der Waals surface area contributed by atoms with Crippen molar-refractivity contribution in [1.82, 2.24) is 24.1 Å². The molecule has 0 amide bonds. The number of benzene rings is 8. The van der Waals surface area contributed by atoms with Gasteiger partial charge in [-0.1, -0.05) is 143 Å². The first kappa shape index (κ1) is 38.1. The Labute approximate surface area is 381 Å². The zero-order chi connectivity index (χ0) is 43.6. The van der Waals surface area contributed by atoms with Gasteiger partial charge in [-0.2, -0.15) is 9.97 Å². The molecule has 1 aliphatic carbocycles. The van der Waals surface area contributed by atoms with Crippen molar-refractivity contribution in [2.24, 2.45) is 0 Å². The normalized spacial score (nSPS) is 14.6. The Balaban J connectivity index is 1.06. The predicted molar refractivity (Wildman–Crippen MR) is 273 cm³/mol. The molecular weight excluding hydrogens is 811 g/mol. The second-order valence-electron chi connectivity index (χ2n) is 19.1. The van der Waals surface area contributed by atoms with Crippen molar-refractivity contribution < 1.29 is 0 Å². The summed E-state index contributed by atoms with van der Waals surface area (Å²) < 4.78 is 7.31. The van der Waals surface area contributed by atoms with Crippen LogP contribution in [0.1, 0.15) is 51.7 Å². The average molecular weight is 856 g/mol. The fraction of sp³-hybridized carbons (Fsp3) is 0.136. The maximum atomic E-state index is 5.41. The van der Waals surface area contributed by atoms with E-state index in [-0.39, 0.29) is 10.8 Å². The van der Waals surface area contributed by atoms with Crippen molar-refractivity contribution >= 4 is 75.1 Å². The molecule has 6 heteroatoms. The van der Waals surface area contributed by atoms with Crippen LogP contribution in [0.4, 0.5) is 0 Å². The fourth-order valence-electron chi connectivity index (χ4n) is 10.7. The number of nitrogens with zero attached hydrogens (tertiary/aromatic N) is 5. The number of hydrogen-bond acceptors (Lipinski definition) is 4. The average Bonchev–Trinajstić information content (AvgIpc) is 3.99. The highest BCUT2D eigenvalue weighted by Crippen LogP contribution is 2.49. The van der Waals surface area contributed by atoms with Gasteiger partial charge in [0.25, 0.3) is 0 Å². The molecule has 312 valence electrons. The van der Waals surface area contributed by atoms with Crippen molar-refractivity contribution in [3.8, 4) is 45.5 Å². The Bertz CT molecular complexity index is 3890. The third kappa shape index (κ3) is 5.93. The summed E-state index contributed by atoms with van der Waals surface area (Å²) in [7, 11) is 0. The Morgan fingerprint density at radius 1 is 0.385 bits per heavy atom. The van der Waals surface area contributed by atoms with Gasteiger partial charge in [0.15, 0.2) is 11.6 Å². The van der Waals surface area contributed by atoms with Gasteiger partial charge in [0.1, 0.15) is 0 Å². The second kappa shape index (κ2) is 14.0. The van der Waals surface area contributed by atoms with E-state index < -0.39 is 0 Å². The molecule has 0 spiro atoms. The molecule has 0 atom stereocenters. The molecule has 0 unspecified atom stereocenters. The molecule has 0 aliphatic heterocycles. The lowest BCUT2D eigenvalue weighted by molar-refractivity contribution is 0.332. The van der Waals surface area contributed by atoms with Crippen LogP contribution < -0.4 is 0 Å². The summed E-state index contributed by atoms with van der Waals surface area (Å²) in [5, 5.41) is 7.45. The first-order valence-corrected chi connectivity index (χ1v) is 23.5. The van der Waals surface area contributed by atoms with E-state index in [0.717, 1.165) is 56.3 Å². The third-order valence-corrected chi connectivity index (χ3v) is 15.4. The van der Waals surface area contributed by atoms with Crippen LogP contribution in [0.2, 0.25) is 0 Å². The minimum absolute atomic E-state index is 0.0770. The summed E-state index contributed by atoms with van der Waals surface area (Å²) in [6.45, 7) is 9.67. The zero-order valence-corrected chi connectivity index (χ0v) is 37.6. The quantitative estimate of drug-likeness (QED) is 0.173. The van der Waals surface area contributed by atoms with Gasteiger partial charge in [-0.3, -0.25) is 4.57 Å². The van der Waals surface area contributed by atoms with Crippen LogP contribution >= 0.6 is 11.3 Å². The summed E-state index contributed by atoms with van der Waals surface area (Å²) in [6.07, 6.45) is 2.33. The monoisotopic (exact) mass is 855 g/mol. The maximum absolute atomic E-state index is 5.41. The molecule has 4 heterocycles. The van der Waals surface area contributed by atoms with Crippen molar-refractivity contribution in [1.29, 1.82) is 0 Å². The molecule has 0 fully saturated rings. The Hall–Kier alpha value is -7.41. The highest BCUT2D eigenvalue weighted by molar-refractivity contribution is 7.25. The molecule has 0 bridgehead atoms. The standard InChI is InChI=1S/C59H45N5S/c1-58(2)28-29-59(3,4)48-34-50-46(33-47(48)58)45-32-44-41-22-11-13-24-49(41)64(52(44)35-51(45)63(50)40-20-9-6-10-21-40)57-61-55(36-16-7-5-8-17-36)60-56(62-57)39-19-15-18-37(30-39)38-26-27-43-42-23-12-14-25-53(42)65-54(43)31-38/h5-27,30-35H,28-29H2,1-4H3. The summed E-state index contributed by atoms with van der Waals surface area (Å²) in [5.74, 6) is 1.83. The maximum Gasteiger partial charge on any atom is 0.238 e. The second-order valence-corrected chi connectivity index (χ2v) is 20.2. The Morgan fingerprint density at radius 3 is 1.75 bits per heavy atom. The van der Waals surface area contributed by atoms with Crippen LogP contribution in [0.25, 0.3) is 109 Å². The number of para-hydroxylation sites is 2. The third-order valence-electron chi connectivity index (χ3n) is 14.2. The molecule has 65 heavy (non-hydrogen) atoms. The number of thiophene rings is 1. The zero-order valence-electron chi connectivity index (χ0n) is 36.8. The summed E-state index contributed by atoms with van der Waals surface area (Å²) >= 11 is 1.84. The van der Waals surface area contributed by atoms with Gasteiger partial charge in [-0.15, -0.1) is 11.3 Å². The van der Waals surface area contributed by atoms with Crippen LogP contribution in [0.5, 0.6) is 0 Å². The van der Waals surface area contributed by atoms with E-state index in [1.54, 1.807) is 0 Å². The molecule has 12 aromatic rings. The minimum Gasteiger partial charge on any atom is -0.309 e. The molecule has 0 radical (unpaired) electrons. The van der Waals surface area contributed by atoms with Crippen molar-refractivity contribution in [2.45, 2.75) is 51.4 Å². The van der Waals surface area contributed by atoms with E-state index >= 15 is 0 Å². The van der Waals surface area contributed by atoms with E-state index in [1.807, 2.05) is 29.5 Å². The van der Waals surface area contributed by atoms with E-state index in [9.17, 15) is 0 Å². The van der Waals surface area contributed by atoms with Crippen LogP contribution in [0.15, 0.2) is 176 Å². The van der Waals surface area contributed by atoms with Crippen LogP contribution in [0.3, 0.4) is 0 Å². The largest absolute Gasteiger partial charge is 0.309 e. The summed E-state index contributed by atoms with van der Waals surface area (Å²) in [5.41, 5.74) is 12.9. The lowest BCUT2D eigenvalue weighted by atomic mass is 9.63. The van der Waals surface area contributed by atoms with Gasteiger partial charge in [-0.25, -0.2) is 4.98 Å². The van der Waals surface area contributed by atoms with Crippen LogP contribution in [0, 0.1) is 0 Å². The van der Waals surface area contributed by atoms with Crippen molar-refractivity contribution in [3.63, 3.8) is 0 Å². The highest BCUT2D eigenvalue weighted by Gasteiger charge is 2.38. The highest BCUT2D eigenvalue weighted by atomic mass is 32.1. The minimum atomic E-state index is 0.0770. The Kier molecular flexibility index (Phi) is 8.23. The van der Waals surface area contributed by atoms with Crippen molar-refractivity contribution in [2.75, 3.05) is 0 Å². The fourth-order valence-corrected chi connectivity index (χ4v) is 11.8. The lowest BCUT2D eigenvalue weighted by Crippen LogP contribution is -2.33. The summed E-state index contributed by atoms with van der Waals surface area (Å²) in [4.78, 5) is 16.0. The molecule has 0 saturated heterocycles. The lowest BCUT2D eigenvalue weighted by Gasteiger charge is -2.42. The molecular formula is C59H45N5S. The topological polar surface area (TPSA) is 48.5 Å². The van der Waals surface area contributed by atoms with Crippen molar-refractivity contribution in [3.05, 3.63) is 187 Å². The SMILES string of the molecule is CC1(C)CCC(C)(C)c2cc3c(cc21)c1cc2c4ccccc4n(-c4nc(-c5ccccc5)nc(-c5cccc(-c6ccc7c(c6)sc6ccccc67)c5)n4)c2cc1n3-c1ccccc1.